The molecule has 0 N–H and O–H groups in total. The summed E-state index contributed by atoms with van der Waals surface area (Å²) in [5, 5.41) is 0.478. The first kappa shape index (κ1) is 27.5. The summed E-state index contributed by atoms with van der Waals surface area (Å²) in [7, 11) is 0.232. The topological polar surface area (TPSA) is 73.8 Å². The molecule has 1 fully saturated rings. The minimum absolute atomic E-state index is 0. The van der Waals surface area contributed by atoms with Crippen LogP contribution in [0.15, 0.2) is 47.4 Å². The predicted octanol–water partition coefficient (Wildman–Crippen LogP) is 4.49. The molecular formula is C24H30ClFN4O3S2. The highest BCUT2D eigenvalue weighted by atomic mass is 35.5. The van der Waals surface area contributed by atoms with Crippen molar-refractivity contribution in [2.75, 3.05) is 45.2 Å². The molecule has 2 heterocycles. The Morgan fingerprint density at radius 3 is 2.54 bits per heavy atom. The quantitative estimate of drug-likeness (QED) is 0.441. The molecule has 0 aliphatic carbocycles. The monoisotopic (exact) mass is 540 g/mol. The van der Waals surface area contributed by atoms with Crippen molar-refractivity contribution in [3.63, 3.8) is 0 Å². The first-order valence-corrected chi connectivity index (χ1v) is 13.5. The number of hydrogen-bond acceptors (Lipinski definition) is 6. The van der Waals surface area contributed by atoms with Gasteiger partial charge in [-0.25, -0.2) is 17.8 Å². The fourth-order valence-electron chi connectivity index (χ4n) is 4.02. The van der Waals surface area contributed by atoms with Crippen LogP contribution in [0.4, 0.5) is 9.52 Å². The largest absolute Gasteiger partial charge is 0.308 e. The van der Waals surface area contributed by atoms with Crippen molar-refractivity contribution in [2.24, 2.45) is 5.92 Å². The number of halogens is 2. The van der Waals surface area contributed by atoms with Crippen molar-refractivity contribution < 1.29 is 17.6 Å². The number of carbonyl (C=O) groups excluding carboxylic acids is 1. The minimum Gasteiger partial charge on any atom is -0.308 e. The lowest BCUT2D eigenvalue weighted by Gasteiger charge is -2.30. The van der Waals surface area contributed by atoms with Gasteiger partial charge < -0.3 is 4.90 Å². The summed E-state index contributed by atoms with van der Waals surface area (Å²) >= 11 is 1.25. The maximum Gasteiger partial charge on any atom is 0.260 e. The van der Waals surface area contributed by atoms with Crippen LogP contribution in [0.3, 0.4) is 0 Å². The van der Waals surface area contributed by atoms with Crippen molar-refractivity contribution in [3.8, 4) is 0 Å². The molecule has 0 bridgehead atoms. The Hall–Kier alpha value is -2.11. The number of amides is 1. The Morgan fingerprint density at radius 2 is 1.89 bits per heavy atom. The van der Waals surface area contributed by atoms with Gasteiger partial charge in [0, 0.05) is 31.7 Å². The number of thiazole rings is 1. The van der Waals surface area contributed by atoms with Crippen LogP contribution in [-0.4, -0.2) is 68.8 Å². The van der Waals surface area contributed by atoms with E-state index in [0.717, 1.165) is 12.8 Å². The number of nitrogens with zero attached hydrogens (tertiary/aromatic N) is 4. The molecule has 4 rings (SSSR count). The van der Waals surface area contributed by atoms with E-state index < -0.39 is 10.0 Å². The van der Waals surface area contributed by atoms with Crippen molar-refractivity contribution >= 4 is 55.0 Å². The molecule has 2 aromatic carbocycles. The van der Waals surface area contributed by atoms with Crippen molar-refractivity contribution in [3.05, 3.63) is 53.8 Å². The highest BCUT2D eigenvalue weighted by Crippen LogP contribution is 2.31. The minimum atomic E-state index is -3.60. The molecule has 1 unspecified atom stereocenters. The van der Waals surface area contributed by atoms with Crippen LogP contribution in [0, 0.1) is 11.7 Å². The smallest absolute Gasteiger partial charge is 0.260 e. The van der Waals surface area contributed by atoms with E-state index in [1.807, 2.05) is 19.0 Å². The fourth-order valence-corrected chi connectivity index (χ4v) is 6.64. The predicted molar refractivity (Wildman–Crippen MR) is 141 cm³/mol. The fraction of sp³-hybridized carbons (Fsp3) is 0.417. The molecule has 1 aliphatic rings. The van der Waals surface area contributed by atoms with E-state index in [0.29, 0.717) is 53.0 Å². The van der Waals surface area contributed by atoms with Crippen LogP contribution in [0.5, 0.6) is 0 Å². The zero-order valence-electron chi connectivity index (χ0n) is 20.0. The van der Waals surface area contributed by atoms with Gasteiger partial charge in [0.05, 0.1) is 15.1 Å². The number of hydrogen-bond donors (Lipinski definition) is 0. The second-order valence-corrected chi connectivity index (χ2v) is 12.0. The molecule has 190 valence electrons. The van der Waals surface area contributed by atoms with Gasteiger partial charge in [0.15, 0.2) is 5.13 Å². The number of benzene rings is 2. The Balaban J connectivity index is 0.00000342. The van der Waals surface area contributed by atoms with E-state index in [1.54, 1.807) is 23.1 Å². The van der Waals surface area contributed by atoms with Gasteiger partial charge in [0.1, 0.15) is 5.82 Å². The van der Waals surface area contributed by atoms with Crippen molar-refractivity contribution in [1.29, 1.82) is 0 Å². The Morgan fingerprint density at radius 1 is 1.17 bits per heavy atom. The number of fused-ring (bicyclic) bond motifs is 1. The number of likely N-dealkylation sites (N-methyl/N-ethyl adjacent to an activating group) is 1. The summed E-state index contributed by atoms with van der Waals surface area (Å²) in [4.78, 5) is 21.7. The highest BCUT2D eigenvalue weighted by Gasteiger charge is 2.29. The van der Waals surface area contributed by atoms with E-state index in [-0.39, 0.29) is 29.0 Å². The molecular weight excluding hydrogens is 511 g/mol. The SMILES string of the molecule is CC1CCCN(S(=O)(=O)c2ccc(C(=O)N(CCN(C)C)c3nc4ccc(F)cc4s3)cc2)C1.Cl. The average molecular weight is 541 g/mol. The Bertz CT molecular complexity index is 1280. The number of sulfonamides is 1. The summed E-state index contributed by atoms with van der Waals surface area (Å²) in [6.45, 7) is 4.08. The lowest BCUT2D eigenvalue weighted by molar-refractivity contribution is 0.0985. The normalized spacial score (nSPS) is 16.9. The summed E-state index contributed by atoms with van der Waals surface area (Å²) in [5.74, 6) is -0.303. The summed E-state index contributed by atoms with van der Waals surface area (Å²) in [6, 6.07) is 10.5. The Labute approximate surface area is 216 Å². The van der Waals surface area contributed by atoms with Gasteiger partial charge in [-0.1, -0.05) is 18.3 Å². The van der Waals surface area contributed by atoms with Crippen molar-refractivity contribution in [1.82, 2.24) is 14.2 Å². The third kappa shape index (κ3) is 6.18. The maximum atomic E-state index is 13.7. The summed E-state index contributed by atoms with van der Waals surface area (Å²) in [6.07, 6.45) is 1.88. The second kappa shape index (κ2) is 11.3. The zero-order valence-corrected chi connectivity index (χ0v) is 22.4. The summed E-state index contributed by atoms with van der Waals surface area (Å²) in [5.41, 5.74) is 0.997. The van der Waals surface area contributed by atoms with Gasteiger partial charge in [-0.3, -0.25) is 9.69 Å². The lowest BCUT2D eigenvalue weighted by Crippen LogP contribution is -2.39. The molecule has 1 atom stereocenters. The average Bonchev–Trinajstić information content (AvgIpc) is 3.21. The van der Waals surface area contributed by atoms with Gasteiger partial charge >= 0.3 is 0 Å². The molecule has 0 spiro atoms. The van der Waals surface area contributed by atoms with Crippen LogP contribution >= 0.6 is 23.7 Å². The van der Waals surface area contributed by atoms with Crippen LogP contribution in [0.1, 0.15) is 30.1 Å². The van der Waals surface area contributed by atoms with Crippen LogP contribution in [0.2, 0.25) is 0 Å². The van der Waals surface area contributed by atoms with Crippen molar-refractivity contribution in [2.45, 2.75) is 24.7 Å². The third-order valence-corrected chi connectivity index (χ3v) is 8.87. The van der Waals surface area contributed by atoms with Gasteiger partial charge in [0.25, 0.3) is 5.91 Å². The van der Waals surface area contributed by atoms with E-state index >= 15 is 0 Å². The number of carbonyl (C=O) groups is 1. The third-order valence-electron chi connectivity index (χ3n) is 5.94. The van der Waals surface area contributed by atoms with E-state index in [9.17, 15) is 17.6 Å². The van der Waals surface area contributed by atoms with Gasteiger partial charge in [-0.2, -0.15) is 4.31 Å². The number of rotatable bonds is 7. The van der Waals surface area contributed by atoms with Gasteiger partial charge in [0.2, 0.25) is 10.0 Å². The Kier molecular flexibility index (Phi) is 8.87. The molecule has 0 saturated carbocycles. The summed E-state index contributed by atoms with van der Waals surface area (Å²) < 4.78 is 42.0. The van der Waals surface area contributed by atoms with Gasteiger partial charge in [-0.15, -0.1) is 12.4 Å². The van der Waals surface area contributed by atoms with E-state index in [4.69, 9.17) is 0 Å². The van der Waals surface area contributed by atoms with Crippen LogP contribution in [-0.2, 0) is 10.0 Å². The molecule has 1 amide bonds. The molecule has 1 aromatic heterocycles. The zero-order chi connectivity index (χ0) is 24.5. The molecule has 1 saturated heterocycles. The number of piperidine rings is 1. The molecule has 0 radical (unpaired) electrons. The second-order valence-electron chi connectivity index (χ2n) is 9.00. The number of aromatic nitrogens is 1. The highest BCUT2D eigenvalue weighted by molar-refractivity contribution is 7.89. The first-order chi connectivity index (χ1) is 16.1. The standard InChI is InChI=1S/C24H29FN4O3S2.ClH/c1-17-5-4-12-28(16-17)34(31,32)20-9-6-18(7-10-20)23(30)29(14-13-27(2)3)24-26-21-11-8-19(25)15-22(21)33-24;/h6-11,15,17H,4-5,12-14,16H2,1-3H3;1H. The number of anilines is 1. The first-order valence-electron chi connectivity index (χ1n) is 11.3. The van der Waals surface area contributed by atoms with Crippen LogP contribution < -0.4 is 4.90 Å². The molecule has 1 aliphatic heterocycles. The van der Waals surface area contributed by atoms with Gasteiger partial charge in [-0.05, 0) is 75.3 Å². The maximum absolute atomic E-state index is 13.7. The molecule has 3 aromatic rings. The van der Waals surface area contributed by atoms with E-state index in [2.05, 4.69) is 11.9 Å². The molecule has 7 nitrogen and oxygen atoms in total. The van der Waals surface area contributed by atoms with Crippen LogP contribution in [0.25, 0.3) is 10.2 Å². The molecule has 35 heavy (non-hydrogen) atoms. The molecule has 11 heteroatoms. The van der Waals surface area contributed by atoms with E-state index in [1.165, 1.54) is 39.9 Å². The lowest BCUT2D eigenvalue weighted by atomic mass is 10.0.